The molecule has 4 rings (SSSR count). The van der Waals surface area contributed by atoms with E-state index < -0.39 is 0 Å². The van der Waals surface area contributed by atoms with Crippen LogP contribution in [0.3, 0.4) is 0 Å². The van der Waals surface area contributed by atoms with Crippen LogP contribution in [-0.2, 0) is 19.4 Å². The summed E-state index contributed by atoms with van der Waals surface area (Å²) in [6, 6.07) is 2.89. The van der Waals surface area contributed by atoms with Crippen molar-refractivity contribution in [2.45, 2.75) is 44.7 Å². The summed E-state index contributed by atoms with van der Waals surface area (Å²) in [7, 11) is 0. The van der Waals surface area contributed by atoms with Crippen LogP contribution in [0.25, 0.3) is 0 Å². The molecular formula is C16H21N3S. The van der Waals surface area contributed by atoms with Crippen molar-refractivity contribution in [3.8, 4) is 0 Å². The van der Waals surface area contributed by atoms with Gasteiger partial charge in [0, 0.05) is 31.4 Å². The van der Waals surface area contributed by atoms with E-state index in [-0.39, 0.29) is 0 Å². The second kappa shape index (κ2) is 5.34. The Labute approximate surface area is 124 Å². The largest absolute Gasteiger partial charge is 0.330 e. The Kier molecular flexibility index (Phi) is 3.36. The van der Waals surface area contributed by atoms with Crippen molar-refractivity contribution < 1.29 is 0 Å². The van der Waals surface area contributed by atoms with Crippen LogP contribution < -0.4 is 0 Å². The third-order valence-electron chi connectivity index (χ3n) is 4.69. The van der Waals surface area contributed by atoms with Gasteiger partial charge in [-0.3, -0.25) is 4.90 Å². The number of likely N-dealkylation sites (tertiary alicyclic amines) is 1. The zero-order chi connectivity index (χ0) is 13.4. The third kappa shape index (κ3) is 2.31. The minimum Gasteiger partial charge on any atom is -0.330 e. The minimum absolute atomic E-state index is 0.642. The van der Waals surface area contributed by atoms with Gasteiger partial charge >= 0.3 is 0 Å². The summed E-state index contributed by atoms with van der Waals surface area (Å²) < 4.78 is 2.49. The maximum Gasteiger partial charge on any atom is 0.0954 e. The lowest BCUT2D eigenvalue weighted by Crippen LogP contribution is -2.21. The molecule has 2 aromatic rings. The molecule has 1 fully saturated rings. The highest BCUT2D eigenvalue weighted by atomic mass is 32.1. The Morgan fingerprint density at radius 2 is 2.25 bits per heavy atom. The van der Waals surface area contributed by atoms with Crippen molar-refractivity contribution in [1.82, 2.24) is 14.5 Å². The van der Waals surface area contributed by atoms with Crippen LogP contribution in [0.4, 0.5) is 0 Å². The molecule has 3 heterocycles. The molecule has 0 amide bonds. The van der Waals surface area contributed by atoms with Crippen LogP contribution >= 0.6 is 11.3 Å². The van der Waals surface area contributed by atoms with Gasteiger partial charge in [-0.25, -0.2) is 4.98 Å². The number of hydrogen-bond donors (Lipinski definition) is 0. The molecule has 106 valence electrons. The normalized spacial score (nSPS) is 23.1. The molecule has 0 bridgehead atoms. The summed E-state index contributed by atoms with van der Waals surface area (Å²) in [6.07, 6.45) is 8.45. The molecular weight excluding hydrogens is 266 g/mol. The second-order valence-electron chi connectivity index (χ2n) is 6.06. The van der Waals surface area contributed by atoms with Gasteiger partial charge in [0.05, 0.1) is 12.0 Å². The Morgan fingerprint density at radius 3 is 3.15 bits per heavy atom. The van der Waals surface area contributed by atoms with E-state index in [0.717, 1.165) is 6.54 Å². The lowest BCUT2D eigenvalue weighted by Gasteiger charge is -2.20. The Hall–Kier alpha value is -1.13. The lowest BCUT2D eigenvalue weighted by molar-refractivity contribution is 0.315. The quantitative estimate of drug-likeness (QED) is 0.864. The van der Waals surface area contributed by atoms with Crippen LogP contribution in [-0.4, -0.2) is 27.5 Å². The van der Waals surface area contributed by atoms with Crippen molar-refractivity contribution in [3.05, 3.63) is 40.1 Å². The van der Waals surface area contributed by atoms with Gasteiger partial charge < -0.3 is 4.57 Å². The Balaban J connectivity index is 1.47. The van der Waals surface area contributed by atoms with Crippen molar-refractivity contribution in [2.75, 3.05) is 13.1 Å². The zero-order valence-corrected chi connectivity index (χ0v) is 12.6. The van der Waals surface area contributed by atoms with Gasteiger partial charge in [-0.15, -0.1) is 0 Å². The molecule has 0 radical (unpaired) electrons. The van der Waals surface area contributed by atoms with Gasteiger partial charge in [0.2, 0.25) is 0 Å². The predicted molar refractivity (Wildman–Crippen MR) is 82.1 cm³/mol. The van der Waals surface area contributed by atoms with Gasteiger partial charge in [-0.05, 0) is 54.5 Å². The summed E-state index contributed by atoms with van der Waals surface area (Å²) in [6.45, 7) is 3.50. The van der Waals surface area contributed by atoms with Gasteiger partial charge in [-0.2, -0.15) is 11.3 Å². The molecule has 2 aliphatic rings. The molecule has 0 aromatic carbocycles. The maximum atomic E-state index is 4.65. The number of aromatic nitrogens is 2. The van der Waals surface area contributed by atoms with Crippen LogP contribution in [0.2, 0.25) is 0 Å². The van der Waals surface area contributed by atoms with E-state index in [9.17, 15) is 0 Å². The van der Waals surface area contributed by atoms with Gasteiger partial charge in [-0.1, -0.05) is 0 Å². The van der Waals surface area contributed by atoms with Gasteiger partial charge in [0.1, 0.15) is 0 Å². The van der Waals surface area contributed by atoms with E-state index in [1.807, 2.05) is 0 Å². The first-order valence-electron chi connectivity index (χ1n) is 7.68. The number of nitrogens with zero attached hydrogens (tertiary/aromatic N) is 3. The van der Waals surface area contributed by atoms with Crippen molar-refractivity contribution in [2.24, 2.45) is 0 Å². The monoisotopic (exact) mass is 287 g/mol. The maximum absolute atomic E-state index is 4.65. The smallest absolute Gasteiger partial charge is 0.0954 e. The van der Waals surface area contributed by atoms with E-state index in [2.05, 4.69) is 37.6 Å². The van der Waals surface area contributed by atoms with Crippen LogP contribution in [0.1, 0.15) is 42.3 Å². The topological polar surface area (TPSA) is 21.1 Å². The van der Waals surface area contributed by atoms with E-state index in [0.29, 0.717) is 6.04 Å². The van der Waals surface area contributed by atoms with E-state index in [1.165, 1.54) is 62.1 Å². The Morgan fingerprint density at radius 1 is 1.30 bits per heavy atom. The molecule has 2 aromatic heterocycles. The highest BCUT2D eigenvalue weighted by Gasteiger charge is 2.27. The molecule has 3 nitrogen and oxygen atoms in total. The number of fused-ring (bicyclic) bond motifs is 1. The number of aryl methyl sites for hydroxylation is 1. The first-order valence-corrected chi connectivity index (χ1v) is 8.62. The highest BCUT2D eigenvalue weighted by Crippen LogP contribution is 2.29. The third-order valence-corrected chi connectivity index (χ3v) is 5.42. The average molecular weight is 287 g/mol. The number of rotatable bonds is 3. The standard InChI is InChI=1S/C16H21N3S/c1-2-4-16-15(3-1)17-12-19(16)14-5-7-18(10-14)9-13-6-8-20-11-13/h6,8,11-12,14H,1-5,7,9-10H2/t14-/m1/s1. The predicted octanol–water partition coefficient (Wildman–Crippen LogP) is 3.27. The number of thiophene rings is 1. The van der Waals surface area contributed by atoms with Crippen LogP contribution in [0.5, 0.6) is 0 Å². The fraction of sp³-hybridized carbons (Fsp3) is 0.562. The molecule has 1 atom stereocenters. The molecule has 0 spiro atoms. The van der Waals surface area contributed by atoms with Crippen LogP contribution in [0, 0.1) is 0 Å². The summed E-state index contributed by atoms with van der Waals surface area (Å²) in [5.74, 6) is 0. The van der Waals surface area contributed by atoms with E-state index in [4.69, 9.17) is 0 Å². The summed E-state index contributed by atoms with van der Waals surface area (Å²) >= 11 is 1.80. The van der Waals surface area contributed by atoms with Crippen molar-refractivity contribution >= 4 is 11.3 Å². The van der Waals surface area contributed by atoms with Gasteiger partial charge in [0.15, 0.2) is 0 Å². The molecule has 0 unspecified atom stereocenters. The summed E-state index contributed by atoms with van der Waals surface area (Å²) in [4.78, 5) is 7.23. The molecule has 0 saturated carbocycles. The molecule has 4 heteroatoms. The first kappa shape index (κ1) is 12.6. The molecule has 1 aliphatic carbocycles. The average Bonchev–Trinajstić information content (AvgIpc) is 3.18. The number of imidazole rings is 1. The van der Waals surface area contributed by atoms with E-state index >= 15 is 0 Å². The lowest BCUT2D eigenvalue weighted by atomic mass is 10.0. The molecule has 1 saturated heterocycles. The SMILES string of the molecule is c1cc(CN2CC[C@@H](n3cnc4c3CCCC4)C2)cs1. The highest BCUT2D eigenvalue weighted by molar-refractivity contribution is 7.07. The fourth-order valence-corrected chi connectivity index (χ4v) is 4.29. The second-order valence-corrected chi connectivity index (χ2v) is 6.84. The van der Waals surface area contributed by atoms with Crippen molar-refractivity contribution in [3.63, 3.8) is 0 Å². The fourth-order valence-electron chi connectivity index (χ4n) is 3.63. The molecule has 0 N–H and O–H groups in total. The zero-order valence-electron chi connectivity index (χ0n) is 11.8. The molecule has 20 heavy (non-hydrogen) atoms. The number of hydrogen-bond acceptors (Lipinski definition) is 3. The first-order chi connectivity index (χ1) is 9.90. The van der Waals surface area contributed by atoms with Crippen LogP contribution in [0.15, 0.2) is 23.2 Å². The minimum atomic E-state index is 0.642. The Bertz CT molecular complexity index is 573. The van der Waals surface area contributed by atoms with Crippen molar-refractivity contribution in [1.29, 1.82) is 0 Å². The summed E-state index contributed by atoms with van der Waals surface area (Å²) in [5.41, 5.74) is 4.36. The van der Waals surface area contributed by atoms with E-state index in [1.54, 1.807) is 11.3 Å². The van der Waals surface area contributed by atoms with Gasteiger partial charge in [0.25, 0.3) is 0 Å². The molecule has 1 aliphatic heterocycles. The summed E-state index contributed by atoms with van der Waals surface area (Å²) in [5, 5.41) is 4.45.